The lowest BCUT2D eigenvalue weighted by molar-refractivity contribution is 0.0333. The molecule has 0 aromatic heterocycles. The van der Waals surface area contributed by atoms with Gasteiger partial charge < -0.3 is 14.6 Å². The van der Waals surface area contributed by atoms with Gasteiger partial charge in [-0.05, 0) is 17.0 Å². The number of aromatic hydroxyl groups is 1. The van der Waals surface area contributed by atoms with E-state index in [0.29, 0.717) is 5.75 Å². The molecule has 2 heterocycles. The first-order chi connectivity index (χ1) is 12.3. The smallest absolute Gasteiger partial charge is 0.127 e. The minimum Gasteiger partial charge on any atom is -0.507 e. The van der Waals surface area contributed by atoms with Gasteiger partial charge in [-0.1, -0.05) is 24.3 Å². The van der Waals surface area contributed by atoms with Gasteiger partial charge in [0.1, 0.15) is 5.75 Å². The largest absolute Gasteiger partial charge is 0.507 e. The van der Waals surface area contributed by atoms with Crippen LogP contribution in [0, 0.1) is 0 Å². The number of phenolic OH excluding ortho intramolecular Hbond substituents is 1. The number of morpholine rings is 2. The quantitative estimate of drug-likeness (QED) is 0.923. The molecule has 2 aromatic rings. The van der Waals surface area contributed by atoms with Crippen molar-refractivity contribution in [3.05, 3.63) is 41.5 Å². The van der Waals surface area contributed by atoms with E-state index in [1.807, 2.05) is 18.2 Å². The highest BCUT2D eigenvalue weighted by Crippen LogP contribution is 2.33. The van der Waals surface area contributed by atoms with Crippen LogP contribution in [0.4, 0.5) is 0 Å². The Hall–Kier alpha value is -1.66. The van der Waals surface area contributed by atoms with Gasteiger partial charge in [0.2, 0.25) is 0 Å². The van der Waals surface area contributed by atoms with E-state index in [4.69, 9.17) is 9.47 Å². The van der Waals surface area contributed by atoms with E-state index in [2.05, 4.69) is 21.9 Å². The third-order valence-corrected chi connectivity index (χ3v) is 5.18. The van der Waals surface area contributed by atoms with Crippen LogP contribution in [0.3, 0.4) is 0 Å². The van der Waals surface area contributed by atoms with Gasteiger partial charge in [-0.15, -0.1) is 0 Å². The van der Waals surface area contributed by atoms with Crippen molar-refractivity contribution in [2.45, 2.75) is 13.1 Å². The molecule has 2 aromatic carbocycles. The summed E-state index contributed by atoms with van der Waals surface area (Å²) in [4.78, 5) is 4.78. The van der Waals surface area contributed by atoms with Gasteiger partial charge in [-0.2, -0.15) is 0 Å². The molecule has 134 valence electrons. The molecule has 0 saturated carbocycles. The second-order valence-corrected chi connectivity index (χ2v) is 6.87. The zero-order valence-electron chi connectivity index (χ0n) is 14.6. The molecule has 1 N–H and O–H groups in total. The van der Waals surface area contributed by atoms with Crippen LogP contribution in [-0.4, -0.2) is 67.5 Å². The third kappa shape index (κ3) is 3.80. The molecule has 5 heteroatoms. The Balaban J connectivity index is 1.66. The Morgan fingerprint density at radius 2 is 1.28 bits per heavy atom. The van der Waals surface area contributed by atoms with Crippen molar-refractivity contribution in [1.29, 1.82) is 0 Å². The van der Waals surface area contributed by atoms with E-state index in [-0.39, 0.29) is 0 Å². The van der Waals surface area contributed by atoms with Crippen LogP contribution in [-0.2, 0) is 22.6 Å². The highest BCUT2D eigenvalue weighted by molar-refractivity contribution is 5.92. The van der Waals surface area contributed by atoms with Gasteiger partial charge in [0, 0.05) is 50.2 Å². The van der Waals surface area contributed by atoms with Gasteiger partial charge in [-0.3, -0.25) is 9.80 Å². The molecule has 25 heavy (non-hydrogen) atoms. The summed E-state index contributed by atoms with van der Waals surface area (Å²) in [5, 5.41) is 12.9. The van der Waals surface area contributed by atoms with Crippen molar-refractivity contribution in [3.8, 4) is 5.75 Å². The third-order valence-electron chi connectivity index (χ3n) is 5.18. The minimum absolute atomic E-state index is 0.424. The predicted molar refractivity (Wildman–Crippen MR) is 97.8 cm³/mol. The van der Waals surface area contributed by atoms with Crippen molar-refractivity contribution in [1.82, 2.24) is 9.80 Å². The fourth-order valence-corrected chi connectivity index (χ4v) is 3.75. The fourth-order valence-electron chi connectivity index (χ4n) is 3.75. The van der Waals surface area contributed by atoms with Crippen molar-refractivity contribution < 1.29 is 14.6 Å². The molecule has 2 fully saturated rings. The van der Waals surface area contributed by atoms with Crippen molar-refractivity contribution in [3.63, 3.8) is 0 Å². The van der Waals surface area contributed by atoms with Gasteiger partial charge in [0.15, 0.2) is 0 Å². The molecule has 2 saturated heterocycles. The summed E-state index contributed by atoms with van der Waals surface area (Å²) in [7, 11) is 0. The SMILES string of the molecule is Oc1c(CN2CCOCC2)cc(CN2CCOCC2)c2ccccc12. The first kappa shape index (κ1) is 16.8. The number of ether oxygens (including phenoxy) is 2. The molecule has 4 rings (SSSR count). The first-order valence-electron chi connectivity index (χ1n) is 9.14. The topological polar surface area (TPSA) is 45.2 Å². The van der Waals surface area contributed by atoms with E-state index in [0.717, 1.165) is 82.0 Å². The Bertz CT molecular complexity index is 722. The fraction of sp³-hybridized carbons (Fsp3) is 0.500. The molecule has 0 aliphatic carbocycles. The van der Waals surface area contributed by atoms with Gasteiger partial charge in [0.05, 0.1) is 26.4 Å². The number of rotatable bonds is 4. The second kappa shape index (κ2) is 7.70. The lowest BCUT2D eigenvalue weighted by Crippen LogP contribution is -2.36. The number of benzene rings is 2. The standard InChI is InChI=1S/C20H26N2O3/c23-20-17(15-22-7-11-25-12-8-22)13-16(14-21-5-9-24-10-6-21)18-3-1-2-4-19(18)20/h1-4,13,23H,5-12,14-15H2. The summed E-state index contributed by atoms with van der Waals surface area (Å²) in [6, 6.07) is 10.4. The molecule has 2 aliphatic rings. The maximum Gasteiger partial charge on any atom is 0.127 e. The summed E-state index contributed by atoms with van der Waals surface area (Å²) in [6.07, 6.45) is 0. The Kier molecular flexibility index (Phi) is 5.17. The van der Waals surface area contributed by atoms with Crippen LogP contribution in [0.2, 0.25) is 0 Å². The van der Waals surface area contributed by atoms with Gasteiger partial charge in [0.25, 0.3) is 0 Å². The molecule has 0 radical (unpaired) electrons. The van der Waals surface area contributed by atoms with Crippen LogP contribution in [0.25, 0.3) is 10.8 Å². The van der Waals surface area contributed by atoms with Crippen LogP contribution < -0.4 is 0 Å². The predicted octanol–water partition coefficient (Wildman–Crippen LogP) is 2.21. The Morgan fingerprint density at radius 1 is 0.760 bits per heavy atom. The minimum atomic E-state index is 0.424. The zero-order valence-corrected chi connectivity index (χ0v) is 14.6. The number of hydrogen-bond acceptors (Lipinski definition) is 5. The summed E-state index contributed by atoms with van der Waals surface area (Å²) in [6.45, 7) is 8.60. The Morgan fingerprint density at radius 3 is 1.88 bits per heavy atom. The molecule has 2 aliphatic heterocycles. The van der Waals surface area contributed by atoms with Gasteiger partial charge in [-0.25, -0.2) is 0 Å². The molecule has 0 unspecified atom stereocenters. The summed E-state index contributed by atoms with van der Waals surface area (Å²) < 4.78 is 10.9. The Labute approximate surface area is 148 Å². The maximum absolute atomic E-state index is 10.8. The number of fused-ring (bicyclic) bond motifs is 1. The second-order valence-electron chi connectivity index (χ2n) is 6.87. The van der Waals surface area contributed by atoms with E-state index in [1.165, 1.54) is 5.56 Å². The normalized spacial score (nSPS) is 20.2. The van der Waals surface area contributed by atoms with Crippen LogP contribution in [0.15, 0.2) is 30.3 Å². The monoisotopic (exact) mass is 342 g/mol. The summed E-state index contributed by atoms with van der Waals surface area (Å²) >= 11 is 0. The molecular weight excluding hydrogens is 316 g/mol. The zero-order chi connectivity index (χ0) is 17.1. The summed E-state index contributed by atoms with van der Waals surface area (Å²) in [5.74, 6) is 0.424. The highest BCUT2D eigenvalue weighted by Gasteiger charge is 2.18. The number of hydrogen-bond donors (Lipinski definition) is 1. The van der Waals surface area contributed by atoms with Gasteiger partial charge >= 0.3 is 0 Å². The summed E-state index contributed by atoms with van der Waals surface area (Å²) in [5.41, 5.74) is 2.31. The molecule has 0 atom stereocenters. The van der Waals surface area contributed by atoms with Crippen molar-refractivity contribution >= 4 is 10.8 Å². The van der Waals surface area contributed by atoms with E-state index in [1.54, 1.807) is 0 Å². The molecule has 0 spiro atoms. The van der Waals surface area contributed by atoms with Crippen LogP contribution in [0.5, 0.6) is 5.75 Å². The molecule has 0 amide bonds. The van der Waals surface area contributed by atoms with E-state index in [9.17, 15) is 5.11 Å². The van der Waals surface area contributed by atoms with E-state index < -0.39 is 0 Å². The lowest BCUT2D eigenvalue weighted by atomic mass is 9.98. The van der Waals surface area contributed by atoms with Crippen molar-refractivity contribution in [2.75, 3.05) is 52.6 Å². The average Bonchev–Trinajstić information content (AvgIpc) is 2.67. The molecule has 5 nitrogen and oxygen atoms in total. The first-order valence-corrected chi connectivity index (χ1v) is 9.14. The lowest BCUT2D eigenvalue weighted by Gasteiger charge is -2.29. The number of nitrogens with zero attached hydrogens (tertiary/aromatic N) is 2. The molecule has 0 bridgehead atoms. The van der Waals surface area contributed by atoms with Crippen LogP contribution in [0.1, 0.15) is 11.1 Å². The number of phenols is 1. The van der Waals surface area contributed by atoms with Crippen molar-refractivity contribution in [2.24, 2.45) is 0 Å². The highest BCUT2D eigenvalue weighted by atomic mass is 16.5. The van der Waals surface area contributed by atoms with E-state index >= 15 is 0 Å². The maximum atomic E-state index is 10.8. The van der Waals surface area contributed by atoms with Crippen LogP contribution >= 0.6 is 0 Å². The molecular formula is C20H26N2O3. The average molecular weight is 342 g/mol.